The highest BCUT2D eigenvalue weighted by Gasteiger charge is 2.12. The number of carbonyl (C=O) groups is 1. The SMILES string of the molecule is COc1cc(/C=N\NC(=O)CSCc2ccc([N+](=O)[O-])cc2)cc(Br)c1OCc1ccc(C)cc1. The van der Waals surface area contributed by atoms with Crippen LogP contribution in [0.3, 0.4) is 0 Å². The first-order valence-electron chi connectivity index (χ1n) is 10.5. The van der Waals surface area contributed by atoms with Gasteiger partial charge in [0.15, 0.2) is 11.5 Å². The van der Waals surface area contributed by atoms with Crippen molar-refractivity contribution in [2.24, 2.45) is 5.10 Å². The summed E-state index contributed by atoms with van der Waals surface area (Å²) in [6.07, 6.45) is 1.52. The number of rotatable bonds is 11. The summed E-state index contributed by atoms with van der Waals surface area (Å²) in [7, 11) is 1.56. The van der Waals surface area contributed by atoms with Crippen LogP contribution in [-0.2, 0) is 17.2 Å². The van der Waals surface area contributed by atoms with Gasteiger partial charge < -0.3 is 9.47 Å². The number of thioether (sulfide) groups is 1. The van der Waals surface area contributed by atoms with Gasteiger partial charge in [0.2, 0.25) is 5.91 Å². The molecule has 0 aliphatic heterocycles. The van der Waals surface area contributed by atoms with Crippen molar-refractivity contribution < 1.29 is 19.2 Å². The fourth-order valence-corrected chi connectivity index (χ4v) is 4.34. The van der Waals surface area contributed by atoms with Crippen molar-refractivity contribution in [2.45, 2.75) is 19.3 Å². The molecular formula is C25H24BrN3O5S. The van der Waals surface area contributed by atoms with Gasteiger partial charge in [-0.05, 0) is 51.7 Å². The second-order valence-corrected chi connectivity index (χ2v) is 9.36. The number of hydrogen-bond donors (Lipinski definition) is 1. The molecule has 0 saturated heterocycles. The molecule has 0 aliphatic carbocycles. The molecule has 0 bridgehead atoms. The number of hydrogen-bond acceptors (Lipinski definition) is 7. The minimum Gasteiger partial charge on any atom is -0.493 e. The molecule has 10 heteroatoms. The van der Waals surface area contributed by atoms with E-state index < -0.39 is 4.92 Å². The lowest BCUT2D eigenvalue weighted by molar-refractivity contribution is -0.384. The first-order valence-corrected chi connectivity index (χ1v) is 12.5. The van der Waals surface area contributed by atoms with Gasteiger partial charge in [-0.2, -0.15) is 5.10 Å². The molecule has 0 atom stereocenters. The summed E-state index contributed by atoms with van der Waals surface area (Å²) in [6, 6.07) is 18.0. The molecule has 0 aliphatic rings. The molecule has 3 aromatic carbocycles. The molecule has 0 heterocycles. The third-order valence-electron chi connectivity index (χ3n) is 4.81. The molecule has 0 saturated carbocycles. The van der Waals surface area contributed by atoms with Crippen molar-refractivity contribution in [3.8, 4) is 11.5 Å². The van der Waals surface area contributed by atoms with Gasteiger partial charge >= 0.3 is 0 Å². The Morgan fingerprint density at radius 3 is 2.49 bits per heavy atom. The summed E-state index contributed by atoms with van der Waals surface area (Å²) < 4.78 is 12.1. The largest absolute Gasteiger partial charge is 0.493 e. The van der Waals surface area contributed by atoms with Gasteiger partial charge in [-0.3, -0.25) is 14.9 Å². The van der Waals surface area contributed by atoms with E-state index in [1.807, 2.05) is 37.3 Å². The maximum Gasteiger partial charge on any atom is 0.269 e. The Bertz CT molecular complexity index is 1200. The molecule has 3 aromatic rings. The van der Waals surface area contributed by atoms with Crippen LogP contribution >= 0.6 is 27.7 Å². The summed E-state index contributed by atoms with van der Waals surface area (Å²) in [6.45, 7) is 2.43. The Balaban J connectivity index is 1.50. The molecule has 0 unspecified atom stereocenters. The van der Waals surface area contributed by atoms with Crippen LogP contribution in [0.2, 0.25) is 0 Å². The molecule has 0 radical (unpaired) electrons. The van der Waals surface area contributed by atoms with Crippen LogP contribution in [-0.4, -0.2) is 29.9 Å². The summed E-state index contributed by atoms with van der Waals surface area (Å²) >= 11 is 4.91. The van der Waals surface area contributed by atoms with Gasteiger partial charge in [0.1, 0.15) is 6.61 Å². The first kappa shape index (κ1) is 26.2. The molecule has 182 valence electrons. The number of nitrogens with zero attached hydrogens (tertiary/aromatic N) is 2. The van der Waals surface area contributed by atoms with Crippen LogP contribution in [0.25, 0.3) is 0 Å². The van der Waals surface area contributed by atoms with Crippen LogP contribution in [0.4, 0.5) is 5.69 Å². The van der Waals surface area contributed by atoms with Gasteiger partial charge in [-0.25, -0.2) is 5.43 Å². The van der Waals surface area contributed by atoms with Crippen LogP contribution in [0.15, 0.2) is 70.2 Å². The zero-order valence-corrected chi connectivity index (χ0v) is 21.6. The summed E-state index contributed by atoms with van der Waals surface area (Å²) in [5, 5.41) is 14.7. The van der Waals surface area contributed by atoms with Gasteiger partial charge in [0.25, 0.3) is 5.69 Å². The van der Waals surface area contributed by atoms with E-state index in [4.69, 9.17) is 9.47 Å². The highest BCUT2D eigenvalue weighted by molar-refractivity contribution is 9.10. The zero-order valence-electron chi connectivity index (χ0n) is 19.2. The van der Waals surface area contributed by atoms with Crippen molar-refractivity contribution in [3.05, 3.63) is 97.5 Å². The van der Waals surface area contributed by atoms with Crippen molar-refractivity contribution in [1.82, 2.24) is 5.43 Å². The number of non-ortho nitro benzene ring substituents is 1. The third kappa shape index (κ3) is 8.11. The fraction of sp³-hybridized carbons (Fsp3) is 0.200. The number of benzene rings is 3. The molecule has 35 heavy (non-hydrogen) atoms. The summed E-state index contributed by atoms with van der Waals surface area (Å²) in [5.41, 5.74) is 6.39. The van der Waals surface area contributed by atoms with E-state index in [0.29, 0.717) is 28.3 Å². The second kappa shape index (κ2) is 12.9. The lowest BCUT2D eigenvalue weighted by atomic mass is 10.2. The highest BCUT2D eigenvalue weighted by atomic mass is 79.9. The normalized spacial score (nSPS) is 10.8. The van der Waals surface area contributed by atoms with Crippen molar-refractivity contribution >= 4 is 45.5 Å². The number of halogens is 1. The third-order valence-corrected chi connectivity index (χ3v) is 6.40. The number of nitro groups is 1. The molecule has 1 amide bonds. The number of nitro benzene ring substituents is 1. The number of hydrazone groups is 1. The second-order valence-electron chi connectivity index (χ2n) is 7.52. The topological polar surface area (TPSA) is 103 Å². The summed E-state index contributed by atoms with van der Waals surface area (Å²) in [4.78, 5) is 22.3. The quantitative estimate of drug-likeness (QED) is 0.186. The minimum atomic E-state index is -0.442. The Labute approximate surface area is 216 Å². The molecule has 0 fully saturated rings. The maximum atomic E-state index is 12.1. The smallest absolute Gasteiger partial charge is 0.269 e. The van der Waals surface area contributed by atoms with Crippen LogP contribution < -0.4 is 14.9 Å². The highest BCUT2D eigenvalue weighted by Crippen LogP contribution is 2.36. The lowest BCUT2D eigenvalue weighted by Crippen LogP contribution is -2.19. The van der Waals surface area contributed by atoms with Crippen molar-refractivity contribution in [1.29, 1.82) is 0 Å². The number of ether oxygens (including phenoxy) is 2. The van der Waals surface area contributed by atoms with Crippen LogP contribution in [0, 0.1) is 17.0 Å². The van der Waals surface area contributed by atoms with E-state index in [0.717, 1.165) is 16.7 Å². The maximum absolute atomic E-state index is 12.1. The average Bonchev–Trinajstić information content (AvgIpc) is 2.84. The lowest BCUT2D eigenvalue weighted by Gasteiger charge is -2.13. The molecule has 3 rings (SSSR count). The van der Waals surface area contributed by atoms with E-state index in [-0.39, 0.29) is 17.3 Å². The molecular weight excluding hydrogens is 534 g/mol. The fourth-order valence-electron chi connectivity index (χ4n) is 2.98. The van der Waals surface area contributed by atoms with Crippen LogP contribution in [0.1, 0.15) is 22.3 Å². The number of methoxy groups -OCH3 is 1. The number of nitrogens with one attached hydrogen (secondary N) is 1. The standard InChI is InChI=1S/C25H24BrN3O5S/c1-17-3-5-18(6-4-17)14-34-25-22(26)11-20(12-23(25)33-2)13-27-28-24(30)16-35-15-19-7-9-21(10-8-19)29(31)32/h3-13H,14-16H2,1-2H3,(H,28,30)/b27-13-. The zero-order chi connectivity index (χ0) is 25.2. The first-order chi connectivity index (χ1) is 16.9. The van der Waals surface area contributed by atoms with Gasteiger partial charge in [-0.15, -0.1) is 11.8 Å². The minimum absolute atomic E-state index is 0.0416. The average molecular weight is 558 g/mol. The Morgan fingerprint density at radius 2 is 1.83 bits per heavy atom. The number of aryl methyl sites for hydroxylation is 1. The van der Waals surface area contributed by atoms with Gasteiger partial charge in [0.05, 0.1) is 28.5 Å². The summed E-state index contributed by atoms with van der Waals surface area (Å²) in [5.74, 6) is 1.63. The van der Waals surface area contributed by atoms with Crippen molar-refractivity contribution in [2.75, 3.05) is 12.9 Å². The number of amides is 1. The van der Waals surface area contributed by atoms with E-state index >= 15 is 0 Å². The van der Waals surface area contributed by atoms with Crippen molar-refractivity contribution in [3.63, 3.8) is 0 Å². The molecule has 8 nitrogen and oxygen atoms in total. The van der Waals surface area contributed by atoms with E-state index in [1.165, 1.54) is 35.7 Å². The predicted molar refractivity (Wildman–Crippen MR) is 141 cm³/mol. The van der Waals surface area contributed by atoms with Gasteiger partial charge in [0, 0.05) is 17.9 Å². The molecule has 0 aromatic heterocycles. The Kier molecular flexibility index (Phi) is 9.68. The van der Waals surface area contributed by atoms with E-state index in [2.05, 4.69) is 26.5 Å². The number of carbonyl (C=O) groups excluding carboxylic acids is 1. The van der Waals surface area contributed by atoms with Gasteiger partial charge in [-0.1, -0.05) is 42.0 Å². The molecule has 1 N–H and O–H groups in total. The van der Waals surface area contributed by atoms with E-state index in [1.54, 1.807) is 25.3 Å². The monoisotopic (exact) mass is 557 g/mol. The Morgan fingerprint density at radius 1 is 1.14 bits per heavy atom. The molecule has 0 spiro atoms. The Hall–Kier alpha value is -3.37. The van der Waals surface area contributed by atoms with E-state index in [9.17, 15) is 14.9 Å². The van der Waals surface area contributed by atoms with Crippen LogP contribution in [0.5, 0.6) is 11.5 Å². The predicted octanol–water partition coefficient (Wildman–Crippen LogP) is 5.64.